The Morgan fingerprint density at radius 1 is 1.20 bits per heavy atom. The molecule has 2 rings (SSSR count). The van der Waals surface area contributed by atoms with Crippen LogP contribution in [0.3, 0.4) is 0 Å². The first-order valence-electron chi connectivity index (χ1n) is 5.80. The van der Waals surface area contributed by atoms with E-state index in [1.54, 1.807) is 24.3 Å². The molecule has 0 saturated heterocycles. The second-order valence-corrected chi connectivity index (χ2v) is 4.16. The van der Waals surface area contributed by atoms with Crippen LogP contribution in [-0.2, 0) is 0 Å². The monoisotopic (exact) mass is 274 g/mol. The van der Waals surface area contributed by atoms with Gasteiger partial charge in [0.05, 0.1) is 11.4 Å². The molecule has 20 heavy (non-hydrogen) atoms. The molecule has 0 aromatic heterocycles. The van der Waals surface area contributed by atoms with Crippen molar-refractivity contribution >= 4 is 17.5 Å². The van der Waals surface area contributed by atoms with Crippen LogP contribution in [0.4, 0.5) is 16.2 Å². The largest absolute Gasteiger partial charge is 0.508 e. The smallest absolute Gasteiger partial charge is 0.411 e. The fourth-order valence-corrected chi connectivity index (χ4v) is 1.66. The van der Waals surface area contributed by atoms with Crippen molar-refractivity contribution in [3.63, 3.8) is 0 Å². The summed E-state index contributed by atoms with van der Waals surface area (Å²) < 4.78 is 5.55. The Kier molecular flexibility index (Phi) is 3.65. The first-order chi connectivity index (χ1) is 9.47. The summed E-state index contributed by atoms with van der Waals surface area (Å²) in [6.45, 7) is 0. The lowest BCUT2D eigenvalue weighted by Gasteiger charge is -2.16. The number of nitrogens with two attached hydrogens (primary N) is 1. The SMILES string of the molecule is CN(C(=O)O)c1cc(Oc2cccc(O)c2)ccc1N. The van der Waals surface area contributed by atoms with E-state index in [-0.39, 0.29) is 5.75 Å². The van der Waals surface area contributed by atoms with Gasteiger partial charge < -0.3 is 20.7 Å². The zero-order valence-electron chi connectivity index (χ0n) is 10.8. The summed E-state index contributed by atoms with van der Waals surface area (Å²) >= 11 is 0. The molecule has 0 aliphatic heterocycles. The van der Waals surface area contributed by atoms with Gasteiger partial charge in [0, 0.05) is 19.2 Å². The fraction of sp³-hybridized carbons (Fsp3) is 0.0714. The molecule has 0 fully saturated rings. The van der Waals surface area contributed by atoms with E-state index in [0.29, 0.717) is 22.9 Å². The Hall–Kier alpha value is -2.89. The molecule has 0 aliphatic rings. The van der Waals surface area contributed by atoms with Crippen LogP contribution < -0.4 is 15.4 Å². The van der Waals surface area contributed by atoms with Crippen LogP contribution in [0.15, 0.2) is 42.5 Å². The highest BCUT2D eigenvalue weighted by atomic mass is 16.5. The molecule has 1 amide bonds. The van der Waals surface area contributed by atoms with E-state index >= 15 is 0 Å². The third-order valence-corrected chi connectivity index (χ3v) is 2.70. The fourth-order valence-electron chi connectivity index (χ4n) is 1.66. The van der Waals surface area contributed by atoms with E-state index in [4.69, 9.17) is 15.6 Å². The molecule has 0 saturated carbocycles. The van der Waals surface area contributed by atoms with Crippen LogP contribution in [0, 0.1) is 0 Å². The van der Waals surface area contributed by atoms with Crippen LogP contribution in [0.5, 0.6) is 17.2 Å². The molecule has 0 unspecified atom stereocenters. The van der Waals surface area contributed by atoms with Gasteiger partial charge in [-0.3, -0.25) is 4.90 Å². The number of carbonyl (C=O) groups is 1. The number of nitrogen functional groups attached to an aromatic ring is 1. The van der Waals surface area contributed by atoms with Gasteiger partial charge in [-0.25, -0.2) is 4.79 Å². The Bertz CT molecular complexity index is 643. The number of amides is 1. The van der Waals surface area contributed by atoms with Gasteiger partial charge in [0.2, 0.25) is 0 Å². The molecule has 6 heteroatoms. The van der Waals surface area contributed by atoms with Crippen molar-refractivity contribution in [1.82, 2.24) is 0 Å². The van der Waals surface area contributed by atoms with Crippen molar-refractivity contribution in [3.8, 4) is 17.2 Å². The molecule has 0 heterocycles. The zero-order valence-corrected chi connectivity index (χ0v) is 10.8. The van der Waals surface area contributed by atoms with E-state index < -0.39 is 6.09 Å². The van der Waals surface area contributed by atoms with Crippen LogP contribution >= 0.6 is 0 Å². The third kappa shape index (κ3) is 2.92. The topological polar surface area (TPSA) is 96.0 Å². The van der Waals surface area contributed by atoms with E-state index in [1.807, 2.05) is 0 Å². The second kappa shape index (κ2) is 5.40. The predicted octanol–water partition coefficient (Wildman–Crippen LogP) is 2.88. The molecule has 2 aromatic carbocycles. The molecule has 6 nitrogen and oxygen atoms in total. The maximum Gasteiger partial charge on any atom is 0.411 e. The number of aromatic hydroxyl groups is 1. The van der Waals surface area contributed by atoms with Gasteiger partial charge in [0.25, 0.3) is 0 Å². The first kappa shape index (κ1) is 13.5. The summed E-state index contributed by atoms with van der Waals surface area (Å²) in [5.74, 6) is 0.951. The number of ether oxygens (including phenoxy) is 1. The summed E-state index contributed by atoms with van der Waals surface area (Å²) in [4.78, 5) is 12.0. The summed E-state index contributed by atoms with van der Waals surface area (Å²) in [5.41, 5.74) is 6.41. The van der Waals surface area contributed by atoms with Crippen LogP contribution in [0.25, 0.3) is 0 Å². The maximum atomic E-state index is 11.0. The van der Waals surface area contributed by atoms with Gasteiger partial charge in [0.15, 0.2) is 0 Å². The average Bonchev–Trinajstić information content (AvgIpc) is 2.40. The van der Waals surface area contributed by atoms with Crippen molar-refractivity contribution in [3.05, 3.63) is 42.5 Å². The van der Waals surface area contributed by atoms with Crippen LogP contribution in [0.1, 0.15) is 0 Å². The van der Waals surface area contributed by atoms with Gasteiger partial charge in [0.1, 0.15) is 17.2 Å². The van der Waals surface area contributed by atoms with E-state index in [9.17, 15) is 9.90 Å². The number of nitrogens with zero attached hydrogens (tertiary/aromatic N) is 1. The Morgan fingerprint density at radius 2 is 1.90 bits per heavy atom. The molecule has 2 aromatic rings. The highest BCUT2D eigenvalue weighted by Crippen LogP contribution is 2.31. The highest BCUT2D eigenvalue weighted by Gasteiger charge is 2.13. The van der Waals surface area contributed by atoms with Gasteiger partial charge in [-0.05, 0) is 24.3 Å². The number of carboxylic acid groups (broad SMARTS) is 1. The quantitative estimate of drug-likeness (QED) is 0.748. The molecular weight excluding hydrogens is 260 g/mol. The van der Waals surface area contributed by atoms with E-state index in [1.165, 1.54) is 25.2 Å². The van der Waals surface area contributed by atoms with Crippen molar-refractivity contribution in [2.45, 2.75) is 0 Å². The van der Waals surface area contributed by atoms with Crippen molar-refractivity contribution in [1.29, 1.82) is 0 Å². The number of hydrogen-bond acceptors (Lipinski definition) is 4. The number of anilines is 2. The molecule has 0 aliphatic carbocycles. The molecule has 0 radical (unpaired) electrons. The van der Waals surface area contributed by atoms with Crippen molar-refractivity contribution in [2.24, 2.45) is 0 Å². The third-order valence-electron chi connectivity index (χ3n) is 2.70. The Morgan fingerprint density at radius 3 is 2.55 bits per heavy atom. The normalized spacial score (nSPS) is 10.1. The lowest BCUT2D eigenvalue weighted by Crippen LogP contribution is -2.24. The Balaban J connectivity index is 2.30. The van der Waals surface area contributed by atoms with Crippen LogP contribution in [0.2, 0.25) is 0 Å². The standard InChI is InChI=1S/C14H14N2O4/c1-16(14(18)19)13-8-11(5-6-12(13)15)20-10-4-2-3-9(17)7-10/h2-8,17H,15H2,1H3,(H,18,19). The lowest BCUT2D eigenvalue weighted by molar-refractivity contribution is 0.203. The molecule has 0 bridgehead atoms. The molecule has 0 atom stereocenters. The first-order valence-corrected chi connectivity index (χ1v) is 5.80. The zero-order chi connectivity index (χ0) is 14.7. The summed E-state index contributed by atoms with van der Waals surface area (Å²) in [7, 11) is 1.39. The van der Waals surface area contributed by atoms with E-state index in [0.717, 1.165) is 4.90 Å². The molecule has 4 N–H and O–H groups in total. The minimum absolute atomic E-state index is 0.0841. The van der Waals surface area contributed by atoms with Crippen LogP contribution in [-0.4, -0.2) is 23.4 Å². The molecule has 0 spiro atoms. The number of hydrogen-bond donors (Lipinski definition) is 3. The minimum Gasteiger partial charge on any atom is -0.508 e. The maximum absolute atomic E-state index is 11.0. The van der Waals surface area contributed by atoms with Crippen molar-refractivity contribution in [2.75, 3.05) is 17.7 Å². The van der Waals surface area contributed by atoms with Gasteiger partial charge in [-0.2, -0.15) is 0 Å². The van der Waals surface area contributed by atoms with E-state index in [2.05, 4.69) is 0 Å². The van der Waals surface area contributed by atoms with Gasteiger partial charge >= 0.3 is 6.09 Å². The highest BCUT2D eigenvalue weighted by molar-refractivity contribution is 5.90. The lowest BCUT2D eigenvalue weighted by atomic mass is 10.2. The summed E-state index contributed by atoms with van der Waals surface area (Å²) in [6.07, 6.45) is -1.12. The number of rotatable bonds is 3. The number of benzene rings is 2. The average molecular weight is 274 g/mol. The predicted molar refractivity (Wildman–Crippen MR) is 75.5 cm³/mol. The summed E-state index contributed by atoms with van der Waals surface area (Å²) in [5, 5.41) is 18.3. The molecule has 104 valence electrons. The van der Waals surface area contributed by atoms with Gasteiger partial charge in [-0.15, -0.1) is 0 Å². The van der Waals surface area contributed by atoms with Gasteiger partial charge in [-0.1, -0.05) is 6.07 Å². The minimum atomic E-state index is -1.12. The summed E-state index contributed by atoms with van der Waals surface area (Å²) in [6, 6.07) is 11.0. The number of phenols is 1. The molecular formula is C14H14N2O4. The van der Waals surface area contributed by atoms with Crippen molar-refractivity contribution < 1.29 is 19.7 Å². The second-order valence-electron chi connectivity index (χ2n) is 4.16. The Labute approximate surface area is 115 Å². The number of phenolic OH excluding ortho intramolecular Hbond substituents is 1.